The molecule has 1 heterocycles. The molecule has 28 heavy (non-hydrogen) atoms. The van der Waals surface area contributed by atoms with Crippen molar-refractivity contribution in [1.82, 2.24) is 9.55 Å². The Balaban J connectivity index is 1.82. The molecule has 0 fully saturated rings. The van der Waals surface area contributed by atoms with Gasteiger partial charge in [-0.15, -0.1) is 0 Å². The number of aromatic nitrogens is 2. The van der Waals surface area contributed by atoms with Crippen LogP contribution < -0.4 is 15.6 Å². The van der Waals surface area contributed by atoms with E-state index in [1.165, 1.54) is 11.8 Å². The number of nitrogens with one attached hydrogen (secondary N) is 1. The maximum Gasteiger partial charge on any atom is 0.262 e. The van der Waals surface area contributed by atoms with E-state index in [-0.39, 0.29) is 11.5 Å². The zero-order valence-corrected chi connectivity index (χ0v) is 17.0. The van der Waals surface area contributed by atoms with Crippen LogP contribution in [0.5, 0.6) is 5.75 Å². The first-order valence-electron chi connectivity index (χ1n) is 9.14. The Labute approximate surface area is 167 Å². The first kappa shape index (κ1) is 19.9. The Morgan fingerprint density at radius 3 is 2.61 bits per heavy atom. The van der Waals surface area contributed by atoms with Crippen molar-refractivity contribution in [1.29, 1.82) is 0 Å². The van der Waals surface area contributed by atoms with Crippen LogP contribution >= 0.6 is 11.8 Å². The third kappa shape index (κ3) is 4.36. The molecule has 2 aromatic carbocycles. The quantitative estimate of drug-likeness (QED) is 0.483. The molecule has 146 valence electrons. The van der Waals surface area contributed by atoms with E-state index in [4.69, 9.17) is 4.74 Å². The normalized spacial score (nSPS) is 12.0. The minimum Gasteiger partial charge on any atom is -0.497 e. The number of benzene rings is 2. The zero-order valence-electron chi connectivity index (χ0n) is 16.1. The van der Waals surface area contributed by atoms with Crippen molar-refractivity contribution in [3.63, 3.8) is 0 Å². The number of carbonyl (C=O) groups excluding carboxylic acids is 1. The Morgan fingerprint density at radius 2 is 1.93 bits per heavy atom. The van der Waals surface area contributed by atoms with E-state index in [1.807, 2.05) is 25.1 Å². The third-order valence-electron chi connectivity index (χ3n) is 4.28. The van der Waals surface area contributed by atoms with Crippen molar-refractivity contribution < 1.29 is 9.53 Å². The number of amides is 1. The van der Waals surface area contributed by atoms with E-state index in [0.29, 0.717) is 28.3 Å². The lowest BCUT2D eigenvalue weighted by Crippen LogP contribution is -2.27. The van der Waals surface area contributed by atoms with Gasteiger partial charge in [0, 0.05) is 12.2 Å². The number of thioether (sulfide) groups is 1. The lowest BCUT2D eigenvalue weighted by molar-refractivity contribution is -0.115. The highest BCUT2D eigenvalue weighted by Crippen LogP contribution is 2.24. The second kappa shape index (κ2) is 8.93. The van der Waals surface area contributed by atoms with Crippen LogP contribution in [0.4, 0.5) is 5.69 Å². The number of para-hydroxylation sites is 1. The number of hydrogen-bond donors (Lipinski definition) is 1. The number of methoxy groups -OCH3 is 1. The van der Waals surface area contributed by atoms with Crippen LogP contribution in [-0.4, -0.2) is 27.8 Å². The van der Waals surface area contributed by atoms with Crippen LogP contribution in [0.1, 0.15) is 20.3 Å². The fourth-order valence-corrected chi connectivity index (χ4v) is 3.72. The number of carbonyl (C=O) groups is 1. The van der Waals surface area contributed by atoms with Crippen LogP contribution in [0.2, 0.25) is 0 Å². The van der Waals surface area contributed by atoms with E-state index in [0.717, 1.165) is 12.2 Å². The summed E-state index contributed by atoms with van der Waals surface area (Å²) in [4.78, 5) is 30.1. The van der Waals surface area contributed by atoms with Gasteiger partial charge in [-0.2, -0.15) is 0 Å². The standard InChI is InChI=1S/C21H23N3O3S/c1-4-13-24-20(26)17-7-5-6-8-18(17)23-21(24)28-14(2)19(25)22-15-9-11-16(27-3)12-10-15/h5-12,14H,4,13H2,1-3H3,(H,22,25). The van der Waals surface area contributed by atoms with Crippen molar-refractivity contribution in [3.05, 3.63) is 58.9 Å². The van der Waals surface area contributed by atoms with Gasteiger partial charge in [0.1, 0.15) is 5.75 Å². The first-order valence-corrected chi connectivity index (χ1v) is 10.0. The minimum absolute atomic E-state index is 0.0716. The molecule has 3 aromatic rings. The number of fused-ring (bicyclic) bond motifs is 1. The van der Waals surface area contributed by atoms with Crippen LogP contribution in [0.15, 0.2) is 58.5 Å². The molecule has 0 saturated heterocycles. The van der Waals surface area contributed by atoms with Crippen molar-refractivity contribution in [2.24, 2.45) is 0 Å². The summed E-state index contributed by atoms with van der Waals surface area (Å²) in [5.41, 5.74) is 1.26. The zero-order chi connectivity index (χ0) is 20.1. The van der Waals surface area contributed by atoms with Crippen molar-refractivity contribution in [2.75, 3.05) is 12.4 Å². The lowest BCUT2D eigenvalue weighted by Gasteiger charge is -2.16. The second-order valence-corrected chi connectivity index (χ2v) is 7.65. The monoisotopic (exact) mass is 397 g/mol. The molecule has 3 rings (SSSR count). The third-order valence-corrected chi connectivity index (χ3v) is 5.37. The van der Waals surface area contributed by atoms with Gasteiger partial charge in [0.25, 0.3) is 5.56 Å². The van der Waals surface area contributed by atoms with Gasteiger partial charge in [-0.05, 0) is 49.7 Å². The summed E-state index contributed by atoms with van der Waals surface area (Å²) in [5.74, 6) is 0.574. The highest BCUT2D eigenvalue weighted by atomic mass is 32.2. The summed E-state index contributed by atoms with van der Waals surface area (Å²) >= 11 is 1.29. The van der Waals surface area contributed by atoms with Gasteiger partial charge in [-0.25, -0.2) is 4.98 Å². The molecule has 1 amide bonds. The smallest absolute Gasteiger partial charge is 0.262 e. The van der Waals surface area contributed by atoms with E-state index < -0.39 is 5.25 Å². The van der Waals surface area contributed by atoms with Crippen molar-refractivity contribution in [2.45, 2.75) is 37.2 Å². The SMILES string of the molecule is CCCn1c(SC(C)C(=O)Nc2ccc(OC)cc2)nc2ccccc2c1=O. The van der Waals surface area contributed by atoms with Crippen LogP contribution in [0.25, 0.3) is 10.9 Å². The molecule has 1 N–H and O–H groups in total. The molecule has 0 aliphatic heterocycles. The molecule has 0 aliphatic rings. The lowest BCUT2D eigenvalue weighted by atomic mass is 10.2. The predicted octanol–water partition coefficient (Wildman–Crippen LogP) is 3.93. The van der Waals surface area contributed by atoms with Crippen LogP contribution in [0, 0.1) is 0 Å². The topological polar surface area (TPSA) is 73.2 Å². The van der Waals surface area contributed by atoms with E-state index >= 15 is 0 Å². The molecule has 1 unspecified atom stereocenters. The minimum atomic E-state index is -0.418. The fourth-order valence-electron chi connectivity index (χ4n) is 2.79. The molecule has 6 nitrogen and oxygen atoms in total. The summed E-state index contributed by atoms with van der Waals surface area (Å²) < 4.78 is 6.78. The van der Waals surface area contributed by atoms with Crippen LogP contribution in [0.3, 0.4) is 0 Å². The highest BCUT2D eigenvalue weighted by molar-refractivity contribution is 8.00. The number of nitrogens with zero attached hydrogens (tertiary/aromatic N) is 2. The molecule has 0 radical (unpaired) electrons. The number of anilines is 1. The molecular formula is C21H23N3O3S. The number of rotatable bonds is 7. The molecular weight excluding hydrogens is 374 g/mol. The average Bonchev–Trinajstić information content (AvgIpc) is 2.71. The Bertz CT molecular complexity index is 1030. The fraction of sp³-hybridized carbons (Fsp3) is 0.286. The highest BCUT2D eigenvalue weighted by Gasteiger charge is 2.19. The van der Waals surface area contributed by atoms with Crippen molar-refractivity contribution >= 4 is 34.3 Å². The second-order valence-electron chi connectivity index (χ2n) is 6.35. The Hall–Kier alpha value is -2.80. The van der Waals surface area contributed by atoms with Gasteiger partial charge in [0.05, 0.1) is 23.3 Å². The van der Waals surface area contributed by atoms with E-state index in [9.17, 15) is 9.59 Å². The maximum atomic E-state index is 12.8. The molecule has 0 bridgehead atoms. The predicted molar refractivity (Wildman–Crippen MR) is 113 cm³/mol. The van der Waals surface area contributed by atoms with Gasteiger partial charge in [-0.1, -0.05) is 30.8 Å². The summed E-state index contributed by atoms with van der Waals surface area (Å²) in [5, 5.41) is 3.62. The van der Waals surface area contributed by atoms with Gasteiger partial charge in [0.2, 0.25) is 5.91 Å². The summed E-state index contributed by atoms with van der Waals surface area (Å²) in [6.07, 6.45) is 0.805. The van der Waals surface area contributed by atoms with E-state index in [2.05, 4.69) is 10.3 Å². The molecule has 7 heteroatoms. The maximum absolute atomic E-state index is 12.8. The molecule has 0 aliphatic carbocycles. The van der Waals surface area contributed by atoms with Gasteiger partial charge in [-0.3, -0.25) is 14.2 Å². The molecule has 0 spiro atoms. The molecule has 0 saturated carbocycles. The average molecular weight is 398 g/mol. The van der Waals surface area contributed by atoms with Gasteiger partial charge < -0.3 is 10.1 Å². The summed E-state index contributed by atoms with van der Waals surface area (Å²) in [7, 11) is 1.60. The molecule has 1 atom stereocenters. The van der Waals surface area contributed by atoms with E-state index in [1.54, 1.807) is 48.9 Å². The van der Waals surface area contributed by atoms with Crippen molar-refractivity contribution in [3.8, 4) is 5.75 Å². The Morgan fingerprint density at radius 1 is 1.21 bits per heavy atom. The Kier molecular flexibility index (Phi) is 6.36. The van der Waals surface area contributed by atoms with Crippen LogP contribution in [-0.2, 0) is 11.3 Å². The first-order chi connectivity index (χ1) is 13.5. The molecule has 1 aromatic heterocycles. The number of hydrogen-bond acceptors (Lipinski definition) is 5. The van der Waals surface area contributed by atoms with Gasteiger partial charge in [0.15, 0.2) is 5.16 Å². The largest absolute Gasteiger partial charge is 0.497 e. The summed E-state index contributed by atoms with van der Waals surface area (Å²) in [6.45, 7) is 4.38. The van der Waals surface area contributed by atoms with Gasteiger partial charge >= 0.3 is 0 Å². The number of ether oxygens (including phenoxy) is 1. The summed E-state index contributed by atoms with van der Waals surface area (Å²) in [6, 6.07) is 14.4.